The minimum Gasteiger partial charge on any atom is -0.333 e. The molecule has 0 radical (unpaired) electrons. The van der Waals surface area contributed by atoms with Crippen LogP contribution in [0.1, 0.15) is 24.8 Å². The molecular formula is C21H21Cl2N3O3S. The molecule has 2 aromatic carbocycles. The van der Waals surface area contributed by atoms with Gasteiger partial charge in [0.05, 0.1) is 20.5 Å². The van der Waals surface area contributed by atoms with E-state index in [9.17, 15) is 13.2 Å². The summed E-state index contributed by atoms with van der Waals surface area (Å²) in [7, 11) is -3.46. The molecule has 0 bridgehead atoms. The van der Waals surface area contributed by atoms with Crippen molar-refractivity contribution in [2.75, 3.05) is 13.1 Å². The van der Waals surface area contributed by atoms with E-state index in [4.69, 9.17) is 23.2 Å². The van der Waals surface area contributed by atoms with Gasteiger partial charge >= 0.3 is 6.03 Å². The molecule has 158 valence electrons. The van der Waals surface area contributed by atoms with Crippen molar-refractivity contribution in [2.45, 2.75) is 30.7 Å². The summed E-state index contributed by atoms with van der Waals surface area (Å²) >= 11 is 12.2. The number of benzene rings is 2. The molecule has 3 aromatic rings. The standard InChI is InChI=1S/C21H21Cl2N3O3S/c22-18-8-9-19-17(20(18)23)10-13-26(19)21(27)24-14-15-4-6-16(7-5-15)30(28,29)25-11-2-1-3-12-25/h4-10,13H,1-3,11-12,14H2,(H,24,27). The van der Waals surface area contributed by atoms with Crippen LogP contribution in [0.2, 0.25) is 10.0 Å². The number of amides is 1. The van der Waals surface area contributed by atoms with Gasteiger partial charge in [0.25, 0.3) is 0 Å². The number of nitrogens with one attached hydrogen (secondary N) is 1. The van der Waals surface area contributed by atoms with Gasteiger partial charge in [-0.15, -0.1) is 0 Å². The molecule has 1 fully saturated rings. The van der Waals surface area contributed by atoms with Crippen LogP contribution < -0.4 is 5.32 Å². The van der Waals surface area contributed by atoms with Crippen molar-refractivity contribution >= 4 is 50.2 Å². The predicted molar refractivity (Wildman–Crippen MR) is 119 cm³/mol. The highest BCUT2D eigenvalue weighted by molar-refractivity contribution is 7.89. The summed E-state index contributed by atoms with van der Waals surface area (Å²) in [5.74, 6) is 0. The van der Waals surface area contributed by atoms with E-state index in [-0.39, 0.29) is 17.5 Å². The SMILES string of the molecule is O=C(NCc1ccc(S(=O)(=O)N2CCCCC2)cc1)n1ccc2c(Cl)c(Cl)ccc21. The van der Waals surface area contributed by atoms with Gasteiger partial charge in [-0.25, -0.2) is 13.2 Å². The lowest BCUT2D eigenvalue weighted by Gasteiger charge is -2.25. The molecule has 0 saturated carbocycles. The maximum absolute atomic E-state index is 12.7. The first-order chi connectivity index (χ1) is 14.4. The summed E-state index contributed by atoms with van der Waals surface area (Å²) in [6.45, 7) is 1.41. The predicted octanol–water partition coefficient (Wildman–Crippen LogP) is 4.88. The molecule has 9 heteroatoms. The Kier molecular flexibility index (Phi) is 6.06. The van der Waals surface area contributed by atoms with Crippen LogP contribution in [0.15, 0.2) is 53.6 Å². The number of nitrogens with zero attached hydrogens (tertiary/aromatic N) is 2. The van der Waals surface area contributed by atoms with Crippen LogP contribution in [-0.4, -0.2) is 36.4 Å². The number of carbonyl (C=O) groups excluding carboxylic acids is 1. The minimum absolute atomic E-state index is 0.268. The quantitative estimate of drug-likeness (QED) is 0.596. The topological polar surface area (TPSA) is 71.4 Å². The van der Waals surface area contributed by atoms with Crippen LogP contribution in [0, 0.1) is 0 Å². The number of sulfonamides is 1. The largest absolute Gasteiger partial charge is 0.333 e. The fourth-order valence-electron chi connectivity index (χ4n) is 3.63. The van der Waals surface area contributed by atoms with Gasteiger partial charge in [-0.2, -0.15) is 4.31 Å². The first-order valence-corrected chi connectivity index (χ1v) is 11.9. The third kappa shape index (κ3) is 4.07. The van der Waals surface area contributed by atoms with Crippen LogP contribution in [0.3, 0.4) is 0 Å². The maximum atomic E-state index is 12.7. The van der Waals surface area contributed by atoms with Gasteiger partial charge in [-0.1, -0.05) is 41.8 Å². The summed E-state index contributed by atoms with van der Waals surface area (Å²) < 4.78 is 28.5. The van der Waals surface area contributed by atoms with Crippen LogP contribution in [0.25, 0.3) is 10.9 Å². The first-order valence-electron chi connectivity index (χ1n) is 9.70. The number of fused-ring (bicyclic) bond motifs is 1. The third-order valence-electron chi connectivity index (χ3n) is 5.30. The van der Waals surface area contributed by atoms with Crippen molar-refractivity contribution in [1.29, 1.82) is 0 Å². The van der Waals surface area contributed by atoms with Gasteiger partial charge in [-0.05, 0) is 48.7 Å². The number of hydrogen-bond acceptors (Lipinski definition) is 3. The maximum Gasteiger partial charge on any atom is 0.326 e. The molecule has 6 nitrogen and oxygen atoms in total. The number of halogens is 2. The summed E-state index contributed by atoms with van der Waals surface area (Å²) in [5, 5.41) is 4.38. The number of hydrogen-bond donors (Lipinski definition) is 1. The highest BCUT2D eigenvalue weighted by Gasteiger charge is 2.25. The van der Waals surface area contributed by atoms with Crippen molar-refractivity contribution in [3.63, 3.8) is 0 Å². The lowest BCUT2D eigenvalue weighted by molar-refractivity contribution is 0.243. The van der Waals surface area contributed by atoms with Gasteiger partial charge < -0.3 is 5.32 Å². The monoisotopic (exact) mass is 465 g/mol. The summed E-state index contributed by atoms with van der Waals surface area (Å²) in [5.41, 5.74) is 1.46. The molecular weight excluding hydrogens is 445 g/mol. The van der Waals surface area contributed by atoms with E-state index < -0.39 is 10.0 Å². The second-order valence-electron chi connectivity index (χ2n) is 7.25. The number of piperidine rings is 1. The summed E-state index contributed by atoms with van der Waals surface area (Å²) in [6.07, 6.45) is 4.50. The Morgan fingerprint density at radius 2 is 1.67 bits per heavy atom. The second kappa shape index (κ2) is 8.59. The Labute approximate surface area is 185 Å². The zero-order chi connectivity index (χ0) is 21.3. The Hall–Kier alpha value is -2.06. The van der Waals surface area contributed by atoms with E-state index >= 15 is 0 Å². The highest BCUT2D eigenvalue weighted by Crippen LogP contribution is 2.31. The van der Waals surface area contributed by atoms with E-state index in [1.165, 1.54) is 4.57 Å². The Bertz CT molecular complexity index is 1180. The molecule has 1 saturated heterocycles. The van der Waals surface area contributed by atoms with Crippen LogP contribution in [0.4, 0.5) is 4.79 Å². The van der Waals surface area contributed by atoms with Crippen molar-refractivity contribution in [3.05, 3.63) is 64.3 Å². The lowest BCUT2D eigenvalue weighted by Crippen LogP contribution is -2.35. The number of aromatic nitrogens is 1. The zero-order valence-electron chi connectivity index (χ0n) is 16.1. The van der Waals surface area contributed by atoms with Crippen molar-refractivity contribution in [3.8, 4) is 0 Å². The molecule has 0 spiro atoms. The third-order valence-corrected chi connectivity index (χ3v) is 8.03. The van der Waals surface area contributed by atoms with Crippen LogP contribution >= 0.6 is 23.2 Å². The van der Waals surface area contributed by atoms with Gasteiger partial charge in [-0.3, -0.25) is 4.57 Å². The highest BCUT2D eigenvalue weighted by atomic mass is 35.5. The fourth-order valence-corrected chi connectivity index (χ4v) is 5.53. The average molecular weight is 466 g/mol. The van der Waals surface area contributed by atoms with E-state index in [0.29, 0.717) is 34.0 Å². The van der Waals surface area contributed by atoms with E-state index in [1.807, 2.05) is 0 Å². The van der Waals surface area contributed by atoms with E-state index in [0.717, 1.165) is 24.8 Å². The molecule has 0 aliphatic carbocycles. The molecule has 4 rings (SSSR count). The molecule has 1 N–H and O–H groups in total. The van der Waals surface area contributed by atoms with Crippen molar-refractivity contribution in [2.24, 2.45) is 0 Å². The van der Waals surface area contributed by atoms with E-state index in [2.05, 4.69) is 5.32 Å². The van der Waals surface area contributed by atoms with Gasteiger partial charge in [0.1, 0.15) is 0 Å². The van der Waals surface area contributed by atoms with Gasteiger partial charge in [0.15, 0.2) is 0 Å². The normalized spacial score (nSPS) is 15.4. The first kappa shape index (κ1) is 21.2. The summed E-state index contributed by atoms with van der Waals surface area (Å²) in [6, 6.07) is 11.5. The molecule has 2 heterocycles. The molecule has 1 aliphatic rings. The Morgan fingerprint density at radius 3 is 2.37 bits per heavy atom. The molecule has 0 unspecified atom stereocenters. The molecule has 1 aliphatic heterocycles. The molecule has 1 aromatic heterocycles. The lowest BCUT2D eigenvalue weighted by atomic mass is 10.2. The van der Waals surface area contributed by atoms with Crippen LogP contribution in [-0.2, 0) is 16.6 Å². The average Bonchev–Trinajstić information content (AvgIpc) is 3.20. The Balaban J connectivity index is 1.44. The smallest absolute Gasteiger partial charge is 0.326 e. The Morgan fingerprint density at radius 1 is 0.967 bits per heavy atom. The van der Waals surface area contributed by atoms with Crippen molar-refractivity contribution < 1.29 is 13.2 Å². The second-order valence-corrected chi connectivity index (χ2v) is 9.97. The molecule has 0 atom stereocenters. The minimum atomic E-state index is -3.46. The van der Waals surface area contributed by atoms with E-state index in [1.54, 1.807) is 53.0 Å². The molecule has 30 heavy (non-hydrogen) atoms. The van der Waals surface area contributed by atoms with Crippen LogP contribution in [0.5, 0.6) is 0 Å². The number of rotatable bonds is 4. The number of carbonyl (C=O) groups is 1. The van der Waals surface area contributed by atoms with Crippen molar-refractivity contribution in [1.82, 2.24) is 14.2 Å². The van der Waals surface area contributed by atoms with Gasteiger partial charge in [0, 0.05) is 31.2 Å². The fraction of sp³-hybridized carbons (Fsp3) is 0.286. The zero-order valence-corrected chi connectivity index (χ0v) is 18.5. The molecule has 1 amide bonds. The summed E-state index contributed by atoms with van der Waals surface area (Å²) in [4.78, 5) is 12.9. The van der Waals surface area contributed by atoms with Gasteiger partial charge in [0.2, 0.25) is 10.0 Å².